The summed E-state index contributed by atoms with van der Waals surface area (Å²) in [6.07, 6.45) is 5.19. The lowest BCUT2D eigenvalue weighted by atomic mass is 10.0. The molecule has 0 amide bonds. The van der Waals surface area contributed by atoms with Crippen LogP contribution < -0.4 is 11.1 Å². The Hall–Kier alpha value is -1.67. The zero-order valence-corrected chi connectivity index (χ0v) is 18.3. The third-order valence-corrected chi connectivity index (χ3v) is 4.89. The van der Waals surface area contributed by atoms with Crippen molar-refractivity contribution >= 4 is 29.9 Å². The van der Waals surface area contributed by atoms with Gasteiger partial charge in [0.05, 0.1) is 12.6 Å². The number of nitrogens with two attached hydrogens (primary N) is 1. The highest BCUT2D eigenvalue weighted by atomic mass is 127. The Kier molecular flexibility index (Phi) is 9.00. The maximum atomic E-state index is 6.09. The Morgan fingerprint density at radius 1 is 1.19 bits per heavy atom. The minimum Gasteiger partial charge on any atom is -0.370 e. The molecule has 1 saturated heterocycles. The summed E-state index contributed by atoms with van der Waals surface area (Å²) in [5.41, 5.74) is 9.75. The molecule has 2 aromatic rings. The van der Waals surface area contributed by atoms with Crippen LogP contribution in [0.2, 0.25) is 0 Å². The summed E-state index contributed by atoms with van der Waals surface area (Å²) in [5.74, 6) is 0.511. The fourth-order valence-electron chi connectivity index (χ4n) is 3.38. The lowest BCUT2D eigenvalue weighted by molar-refractivity contribution is 0.251. The Bertz CT molecular complexity index is 696. The predicted molar refractivity (Wildman–Crippen MR) is 123 cm³/mol. The Morgan fingerprint density at radius 3 is 2.59 bits per heavy atom. The minimum atomic E-state index is 0. The third kappa shape index (κ3) is 6.77. The smallest absolute Gasteiger partial charge is 0.188 e. The second kappa shape index (κ2) is 11.2. The summed E-state index contributed by atoms with van der Waals surface area (Å²) in [6.45, 7) is 5.83. The number of nitrogens with one attached hydrogen (secondary N) is 1. The van der Waals surface area contributed by atoms with Crippen molar-refractivity contribution in [1.82, 2.24) is 15.2 Å². The fraction of sp³-hybridized carbons (Fsp3) is 0.429. The number of aliphatic imine (C=N–C) groups is 1. The van der Waals surface area contributed by atoms with Gasteiger partial charge in [-0.3, -0.25) is 14.9 Å². The van der Waals surface area contributed by atoms with E-state index in [9.17, 15) is 0 Å². The van der Waals surface area contributed by atoms with E-state index in [0.717, 1.165) is 31.7 Å². The van der Waals surface area contributed by atoms with Crippen LogP contribution in [-0.2, 0) is 6.42 Å². The van der Waals surface area contributed by atoms with Gasteiger partial charge in [-0.1, -0.05) is 35.9 Å². The number of hydrogen-bond donors (Lipinski definition) is 2. The van der Waals surface area contributed by atoms with Crippen LogP contribution in [0.5, 0.6) is 0 Å². The monoisotopic (exact) mass is 479 g/mol. The number of guanidine groups is 1. The molecule has 0 spiro atoms. The molecule has 0 bridgehead atoms. The summed E-state index contributed by atoms with van der Waals surface area (Å²) >= 11 is 0. The Balaban J connectivity index is 0.00000261. The maximum absolute atomic E-state index is 6.09. The zero-order chi connectivity index (χ0) is 18.2. The number of benzene rings is 1. The van der Waals surface area contributed by atoms with Gasteiger partial charge in [0, 0.05) is 24.9 Å². The molecule has 146 valence electrons. The number of nitrogens with zero attached hydrogens (tertiary/aromatic N) is 3. The van der Waals surface area contributed by atoms with Crippen molar-refractivity contribution in [2.75, 3.05) is 26.2 Å². The predicted octanol–water partition coefficient (Wildman–Crippen LogP) is 3.29. The molecule has 0 saturated carbocycles. The largest absolute Gasteiger partial charge is 0.370 e. The molecular formula is C21H30IN5. The molecule has 1 aliphatic rings. The van der Waals surface area contributed by atoms with E-state index in [1.165, 1.54) is 24.0 Å². The number of likely N-dealkylation sites (tertiary alicyclic amines) is 1. The maximum Gasteiger partial charge on any atom is 0.188 e. The number of aryl methyl sites for hydroxylation is 1. The average molecular weight is 479 g/mol. The quantitative estimate of drug-likeness (QED) is 0.364. The molecule has 1 unspecified atom stereocenters. The van der Waals surface area contributed by atoms with E-state index in [0.29, 0.717) is 18.5 Å². The molecule has 1 fully saturated rings. The molecule has 0 aliphatic carbocycles. The van der Waals surface area contributed by atoms with Crippen molar-refractivity contribution in [2.24, 2.45) is 10.7 Å². The first-order valence-electron chi connectivity index (χ1n) is 9.47. The van der Waals surface area contributed by atoms with Gasteiger partial charge in [0.15, 0.2) is 5.96 Å². The van der Waals surface area contributed by atoms with Crippen LogP contribution in [0.1, 0.15) is 35.7 Å². The minimum absolute atomic E-state index is 0. The molecule has 0 radical (unpaired) electrons. The van der Waals surface area contributed by atoms with Gasteiger partial charge in [0.1, 0.15) is 0 Å². The van der Waals surface area contributed by atoms with Crippen molar-refractivity contribution in [1.29, 1.82) is 0 Å². The van der Waals surface area contributed by atoms with Crippen LogP contribution in [0.15, 0.2) is 53.7 Å². The molecule has 1 aromatic heterocycles. The SMILES string of the molecule is Cc1ccc(C(CN=C(N)NCCc2ccccn2)N2CCCC2)cc1.I. The molecular weight excluding hydrogens is 449 g/mol. The second-order valence-electron chi connectivity index (χ2n) is 6.89. The van der Waals surface area contributed by atoms with E-state index in [4.69, 9.17) is 5.73 Å². The average Bonchev–Trinajstić information content (AvgIpc) is 3.19. The van der Waals surface area contributed by atoms with Gasteiger partial charge in [-0.15, -0.1) is 24.0 Å². The van der Waals surface area contributed by atoms with E-state index in [1.807, 2.05) is 24.4 Å². The van der Waals surface area contributed by atoms with E-state index in [2.05, 4.69) is 51.4 Å². The lowest BCUT2D eigenvalue weighted by Gasteiger charge is -2.26. The molecule has 1 aromatic carbocycles. The van der Waals surface area contributed by atoms with Crippen LogP contribution >= 0.6 is 24.0 Å². The van der Waals surface area contributed by atoms with Gasteiger partial charge < -0.3 is 11.1 Å². The van der Waals surface area contributed by atoms with Crippen molar-refractivity contribution in [3.63, 3.8) is 0 Å². The van der Waals surface area contributed by atoms with Crippen LogP contribution in [0.25, 0.3) is 0 Å². The highest BCUT2D eigenvalue weighted by Gasteiger charge is 2.23. The first-order valence-corrected chi connectivity index (χ1v) is 9.47. The first-order chi connectivity index (χ1) is 12.7. The fourth-order valence-corrected chi connectivity index (χ4v) is 3.38. The van der Waals surface area contributed by atoms with Crippen molar-refractivity contribution in [2.45, 2.75) is 32.2 Å². The number of hydrogen-bond acceptors (Lipinski definition) is 3. The van der Waals surface area contributed by atoms with Crippen LogP contribution in [0, 0.1) is 6.92 Å². The summed E-state index contributed by atoms with van der Waals surface area (Å²) in [6, 6.07) is 15.0. The van der Waals surface area contributed by atoms with Gasteiger partial charge in [0.2, 0.25) is 0 Å². The number of aromatic nitrogens is 1. The van der Waals surface area contributed by atoms with Gasteiger partial charge in [0.25, 0.3) is 0 Å². The molecule has 1 aliphatic heterocycles. The standard InChI is InChI=1S/C21H29N5.HI/c1-17-7-9-18(10-8-17)20(26-14-4-5-15-26)16-25-21(22)24-13-11-19-6-2-3-12-23-19;/h2-3,6-10,12,20H,4-5,11,13-16H2,1H3,(H3,22,24,25);1H. The molecule has 6 heteroatoms. The van der Waals surface area contributed by atoms with Crippen molar-refractivity contribution in [3.8, 4) is 0 Å². The van der Waals surface area contributed by atoms with Crippen LogP contribution in [0.3, 0.4) is 0 Å². The highest BCUT2D eigenvalue weighted by Crippen LogP contribution is 2.25. The van der Waals surface area contributed by atoms with Gasteiger partial charge in [-0.2, -0.15) is 0 Å². The zero-order valence-electron chi connectivity index (χ0n) is 16.0. The highest BCUT2D eigenvalue weighted by molar-refractivity contribution is 14.0. The Labute approximate surface area is 179 Å². The summed E-state index contributed by atoms with van der Waals surface area (Å²) in [7, 11) is 0. The van der Waals surface area contributed by atoms with Gasteiger partial charge in [-0.25, -0.2) is 0 Å². The van der Waals surface area contributed by atoms with E-state index >= 15 is 0 Å². The molecule has 27 heavy (non-hydrogen) atoms. The number of halogens is 1. The number of rotatable bonds is 7. The van der Waals surface area contributed by atoms with E-state index < -0.39 is 0 Å². The molecule has 3 N–H and O–H groups in total. The molecule has 5 nitrogen and oxygen atoms in total. The third-order valence-electron chi connectivity index (χ3n) is 4.89. The van der Waals surface area contributed by atoms with Gasteiger partial charge >= 0.3 is 0 Å². The normalized spacial score (nSPS) is 16.0. The Morgan fingerprint density at radius 2 is 1.93 bits per heavy atom. The molecule has 2 heterocycles. The van der Waals surface area contributed by atoms with Gasteiger partial charge in [-0.05, 0) is 50.6 Å². The van der Waals surface area contributed by atoms with E-state index in [1.54, 1.807) is 0 Å². The van der Waals surface area contributed by atoms with Crippen molar-refractivity contribution < 1.29 is 0 Å². The number of pyridine rings is 1. The van der Waals surface area contributed by atoms with Crippen LogP contribution in [0.4, 0.5) is 0 Å². The molecule has 1 atom stereocenters. The summed E-state index contributed by atoms with van der Waals surface area (Å²) in [4.78, 5) is 11.5. The summed E-state index contributed by atoms with van der Waals surface area (Å²) < 4.78 is 0. The molecule has 3 rings (SSSR count). The summed E-state index contributed by atoms with van der Waals surface area (Å²) in [5, 5.41) is 3.21. The van der Waals surface area contributed by atoms with E-state index in [-0.39, 0.29) is 24.0 Å². The first kappa shape index (κ1) is 21.6. The topological polar surface area (TPSA) is 66.5 Å². The lowest BCUT2D eigenvalue weighted by Crippen LogP contribution is -2.35. The van der Waals surface area contributed by atoms with Crippen molar-refractivity contribution in [3.05, 3.63) is 65.5 Å². The van der Waals surface area contributed by atoms with Crippen LogP contribution in [-0.4, -0.2) is 42.0 Å². The second-order valence-corrected chi connectivity index (χ2v) is 6.89.